The molecule has 12 nitrogen and oxygen atoms in total. The molecule has 1 aromatic heterocycles. The SMILES string of the molecule is CNCC1C(O)C(O)CC2(C)C3C(=CC(=O)C12)C1(O)C2CC(C(C)C(O)CC(=C4CCCC5(CCCC5)C4)C(C)(C)CC(n4ccnc4)CSSC24CCCC4)C1(C)CC3CN=C(N)NC(C)O. The number of aliphatic hydroxyl groups excluding tert-OH is 4. The molecule has 2 bridgehead atoms. The number of ketones is 1. The minimum absolute atomic E-state index is 0.0852. The first-order valence-corrected chi connectivity index (χ1v) is 29.0. The Morgan fingerprint density at radius 2 is 1.71 bits per heavy atom. The molecule has 2 heterocycles. The predicted molar refractivity (Wildman–Crippen MR) is 273 cm³/mol. The maximum Gasteiger partial charge on any atom is 0.190 e. The third-order valence-corrected chi connectivity index (χ3v) is 23.9. The molecule has 0 amide bonds. The van der Waals surface area contributed by atoms with Crippen molar-refractivity contribution in [2.75, 3.05) is 25.9 Å². The number of carbonyl (C=O) groups is 1. The molecule has 15 unspecified atom stereocenters. The number of hydrogen-bond donors (Lipinski definition) is 8. The molecule has 6 saturated carbocycles. The van der Waals surface area contributed by atoms with E-state index in [1.165, 1.54) is 44.1 Å². The molecule has 9 N–H and O–H groups in total. The van der Waals surface area contributed by atoms with Crippen LogP contribution in [0.3, 0.4) is 0 Å². The highest BCUT2D eigenvalue weighted by molar-refractivity contribution is 8.77. The van der Waals surface area contributed by atoms with Gasteiger partial charge >= 0.3 is 0 Å². The summed E-state index contributed by atoms with van der Waals surface area (Å²) in [6.07, 6.45) is 21.2. The molecule has 7 aliphatic carbocycles. The summed E-state index contributed by atoms with van der Waals surface area (Å²) >= 11 is 0. The van der Waals surface area contributed by atoms with E-state index in [-0.39, 0.29) is 70.5 Å². The summed E-state index contributed by atoms with van der Waals surface area (Å²) in [6.45, 7) is 13.8. The second kappa shape index (κ2) is 19.2. The Labute approximate surface area is 414 Å². The summed E-state index contributed by atoms with van der Waals surface area (Å²) in [4.78, 5) is 24.7. The molecule has 8 aliphatic rings. The van der Waals surface area contributed by atoms with E-state index in [2.05, 4.69) is 61.0 Å². The van der Waals surface area contributed by atoms with Crippen LogP contribution in [0.25, 0.3) is 0 Å². The van der Waals surface area contributed by atoms with E-state index >= 15 is 4.79 Å². The molecule has 1 aromatic rings. The van der Waals surface area contributed by atoms with Crippen LogP contribution in [0.5, 0.6) is 0 Å². The third kappa shape index (κ3) is 8.61. The van der Waals surface area contributed by atoms with Gasteiger partial charge < -0.3 is 46.5 Å². The lowest BCUT2D eigenvalue weighted by Crippen LogP contribution is -2.68. The molecule has 1 saturated heterocycles. The fourth-order valence-electron chi connectivity index (χ4n) is 17.5. The molecule has 9 rings (SSSR count). The zero-order valence-electron chi connectivity index (χ0n) is 42.3. The number of rotatable bonds is 6. The molecule has 14 heteroatoms. The number of fused-ring (bicyclic) bond motifs is 10. The van der Waals surface area contributed by atoms with E-state index in [0.717, 1.165) is 62.7 Å². The van der Waals surface area contributed by atoms with Crippen molar-refractivity contribution in [3.8, 4) is 0 Å². The van der Waals surface area contributed by atoms with Crippen LogP contribution >= 0.6 is 21.6 Å². The average Bonchev–Trinajstić information content (AvgIpc) is 4.11. The molecule has 2 spiro atoms. The van der Waals surface area contributed by atoms with Gasteiger partial charge in [0.1, 0.15) is 6.23 Å². The van der Waals surface area contributed by atoms with E-state index in [1.54, 1.807) is 12.5 Å². The minimum Gasteiger partial charge on any atom is -0.393 e. The first kappa shape index (κ1) is 51.0. The van der Waals surface area contributed by atoms with Gasteiger partial charge in [0.2, 0.25) is 0 Å². The lowest BCUT2D eigenvalue weighted by atomic mass is 9.41. The highest BCUT2D eigenvalue weighted by Gasteiger charge is 2.75. The van der Waals surface area contributed by atoms with Crippen molar-refractivity contribution < 1.29 is 30.3 Å². The quantitative estimate of drug-likeness (QED) is 0.0455. The summed E-state index contributed by atoms with van der Waals surface area (Å²) < 4.78 is 2.02. The Hall–Kier alpha value is -1.91. The van der Waals surface area contributed by atoms with Gasteiger partial charge in [-0.1, -0.05) is 93.0 Å². The Balaban J connectivity index is 1.21. The second-order valence-electron chi connectivity index (χ2n) is 24.9. The van der Waals surface area contributed by atoms with Gasteiger partial charge in [-0.2, -0.15) is 0 Å². The second-order valence-corrected chi connectivity index (χ2v) is 27.6. The van der Waals surface area contributed by atoms with Crippen LogP contribution in [0.4, 0.5) is 0 Å². The first-order chi connectivity index (χ1) is 32.2. The molecule has 0 aromatic carbocycles. The molecular weight excluding hydrogens is 893 g/mol. The number of nitrogens with one attached hydrogen (secondary N) is 2. The fraction of sp³-hybridized carbons (Fsp3) is 0.833. The number of aliphatic imine (C=N–C) groups is 1. The van der Waals surface area contributed by atoms with Crippen molar-refractivity contribution in [2.45, 2.75) is 192 Å². The molecule has 380 valence electrons. The summed E-state index contributed by atoms with van der Waals surface area (Å²) in [5, 5.41) is 67.6. The van der Waals surface area contributed by atoms with E-state index < -0.39 is 52.8 Å². The average molecular weight is 979 g/mol. The van der Waals surface area contributed by atoms with Crippen molar-refractivity contribution in [3.63, 3.8) is 0 Å². The van der Waals surface area contributed by atoms with Crippen LogP contribution in [-0.2, 0) is 4.79 Å². The summed E-state index contributed by atoms with van der Waals surface area (Å²) in [5.41, 5.74) is 7.44. The molecule has 1 aliphatic heterocycles. The van der Waals surface area contributed by atoms with Crippen LogP contribution in [0.15, 0.2) is 46.5 Å². The highest BCUT2D eigenvalue weighted by Crippen LogP contribution is 2.75. The van der Waals surface area contributed by atoms with Gasteiger partial charge in [0, 0.05) is 65.2 Å². The normalized spacial score (nSPS) is 44.2. The zero-order valence-corrected chi connectivity index (χ0v) is 43.9. The number of imidazole rings is 1. The number of aromatic nitrogens is 2. The Kier molecular flexibility index (Phi) is 14.4. The largest absolute Gasteiger partial charge is 0.393 e. The number of carbonyl (C=O) groups excluding carboxylic acids is 1. The maximum atomic E-state index is 15.2. The van der Waals surface area contributed by atoms with Crippen LogP contribution in [-0.4, -0.2) is 108 Å². The van der Waals surface area contributed by atoms with E-state index in [4.69, 9.17) is 10.7 Å². The van der Waals surface area contributed by atoms with Crippen molar-refractivity contribution in [2.24, 2.45) is 73.8 Å². The molecular formula is C54H86N6O6S2. The smallest absolute Gasteiger partial charge is 0.190 e. The Morgan fingerprint density at radius 1 is 1.00 bits per heavy atom. The van der Waals surface area contributed by atoms with Crippen molar-refractivity contribution in [3.05, 3.63) is 41.5 Å². The zero-order chi connectivity index (χ0) is 48.6. The highest BCUT2D eigenvalue weighted by atomic mass is 33.1. The van der Waals surface area contributed by atoms with Crippen LogP contribution in [0, 0.1) is 63.1 Å². The fourth-order valence-corrected chi connectivity index (χ4v) is 21.4. The van der Waals surface area contributed by atoms with Gasteiger partial charge in [-0.15, -0.1) is 0 Å². The Bertz CT molecular complexity index is 2080. The molecule has 15 atom stereocenters. The molecule has 0 radical (unpaired) electrons. The number of hydrogen-bond acceptors (Lipinski definition) is 11. The van der Waals surface area contributed by atoms with Crippen molar-refractivity contribution >= 4 is 33.3 Å². The molecule has 7 fully saturated rings. The molecule has 68 heavy (non-hydrogen) atoms. The van der Waals surface area contributed by atoms with Gasteiger partial charge in [-0.25, -0.2) is 4.98 Å². The van der Waals surface area contributed by atoms with Crippen LogP contribution < -0.4 is 16.4 Å². The lowest BCUT2D eigenvalue weighted by molar-refractivity contribution is -0.184. The Morgan fingerprint density at radius 3 is 2.38 bits per heavy atom. The number of aliphatic hydroxyl groups is 5. The maximum absolute atomic E-state index is 15.2. The summed E-state index contributed by atoms with van der Waals surface area (Å²) in [6, 6.07) is 0.176. The number of guanidine groups is 1. The minimum atomic E-state index is -1.41. The predicted octanol–water partition coefficient (Wildman–Crippen LogP) is 7.71. The van der Waals surface area contributed by atoms with Gasteiger partial charge in [0.15, 0.2) is 11.7 Å². The van der Waals surface area contributed by atoms with Gasteiger partial charge in [-0.05, 0) is 149 Å². The van der Waals surface area contributed by atoms with Crippen LogP contribution in [0.2, 0.25) is 0 Å². The number of nitrogens with zero attached hydrogens (tertiary/aromatic N) is 3. The van der Waals surface area contributed by atoms with Gasteiger partial charge in [-0.3, -0.25) is 9.79 Å². The van der Waals surface area contributed by atoms with Crippen LogP contribution in [0.1, 0.15) is 157 Å². The van der Waals surface area contributed by atoms with E-state index in [9.17, 15) is 25.5 Å². The topological polar surface area (TPSA) is 198 Å². The van der Waals surface area contributed by atoms with Gasteiger partial charge in [0.25, 0.3) is 0 Å². The monoisotopic (exact) mass is 979 g/mol. The summed E-state index contributed by atoms with van der Waals surface area (Å²) in [7, 11) is 5.77. The standard InChI is InChI=1S/C54H86N6O6S2/c1-32-38-23-44(54(66)40-22-42(63)46-37(29-56-7)47(65)43(64)27-50(46,5)45(40)35(24-51(38,54)6)28-58-48(55)59-33(2)61)53(17-10-11-18-53)68-67-30-36(60-20-19-57-31-60)26-49(3,4)39(21-41(32)62)34-13-12-16-52(25-34)14-8-9-15-52/h19-20,22,31-33,35-38,41,43-47,56,61-62,64-66H,8-18,21,23-30H2,1-7H3,(H3,55,58,59). The lowest BCUT2D eigenvalue weighted by Gasteiger charge is -2.65. The van der Waals surface area contributed by atoms with Crippen molar-refractivity contribution in [1.82, 2.24) is 20.2 Å². The first-order valence-electron chi connectivity index (χ1n) is 26.6. The van der Waals surface area contributed by atoms with Crippen molar-refractivity contribution in [1.29, 1.82) is 0 Å². The van der Waals surface area contributed by atoms with Gasteiger partial charge in [0.05, 0.1) is 30.2 Å². The summed E-state index contributed by atoms with van der Waals surface area (Å²) in [5.74, 6) is -1.22. The van der Waals surface area contributed by atoms with E-state index in [1.807, 2.05) is 47.2 Å². The number of nitrogens with two attached hydrogens (primary N) is 1. The third-order valence-electron chi connectivity index (χ3n) is 20.4. The number of allylic oxidation sites excluding steroid dienone is 2. The van der Waals surface area contributed by atoms with E-state index in [0.29, 0.717) is 24.8 Å².